The molecule has 28 heavy (non-hydrogen) atoms. The molecular weight excluding hydrogens is 356 g/mol. The average molecular weight is 388 g/mol. The van der Waals surface area contributed by atoms with Gasteiger partial charge in [0.1, 0.15) is 18.7 Å². The number of nitrogens with zero attached hydrogens (tertiary/aromatic N) is 3. The first-order chi connectivity index (χ1) is 13.3. The highest BCUT2D eigenvalue weighted by Crippen LogP contribution is 2.30. The van der Waals surface area contributed by atoms with Gasteiger partial charge in [-0.3, -0.25) is 0 Å². The van der Waals surface area contributed by atoms with Crippen LogP contribution in [0.25, 0.3) is 0 Å². The predicted octanol–water partition coefficient (Wildman–Crippen LogP) is 3.75. The Labute approximate surface area is 166 Å². The first-order valence-corrected chi connectivity index (χ1v) is 9.97. The number of amides is 1. The molecule has 1 amide bonds. The number of ether oxygens (including phenoxy) is 1. The van der Waals surface area contributed by atoms with Gasteiger partial charge in [-0.05, 0) is 32.8 Å². The molecule has 0 spiro atoms. The summed E-state index contributed by atoms with van der Waals surface area (Å²) in [7, 11) is 0. The van der Waals surface area contributed by atoms with Crippen molar-refractivity contribution in [1.82, 2.24) is 15.6 Å². The number of rotatable bonds is 5. The molecular formula is C21H31N4O3+. The van der Waals surface area contributed by atoms with Crippen LogP contribution in [0.2, 0.25) is 0 Å². The molecule has 0 radical (unpaired) electrons. The smallest absolute Gasteiger partial charge is 0.413 e. The minimum atomic E-state index is -0.523. The van der Waals surface area contributed by atoms with Gasteiger partial charge in [-0.2, -0.15) is 15.2 Å². The van der Waals surface area contributed by atoms with Gasteiger partial charge in [-0.1, -0.05) is 35.5 Å². The van der Waals surface area contributed by atoms with E-state index in [-0.39, 0.29) is 16.6 Å². The Hall–Kier alpha value is -2.25. The molecule has 0 saturated carbocycles. The van der Waals surface area contributed by atoms with E-state index in [1.54, 1.807) is 6.92 Å². The van der Waals surface area contributed by atoms with Crippen LogP contribution in [0.3, 0.4) is 0 Å². The molecule has 7 nitrogen and oxygen atoms in total. The van der Waals surface area contributed by atoms with E-state index >= 15 is 0 Å². The second-order valence-electron chi connectivity index (χ2n) is 8.49. The molecule has 7 heteroatoms. The van der Waals surface area contributed by atoms with Crippen molar-refractivity contribution < 1.29 is 18.6 Å². The van der Waals surface area contributed by atoms with E-state index in [1.165, 1.54) is 5.56 Å². The molecule has 3 rings (SSSR count). The van der Waals surface area contributed by atoms with E-state index in [0.717, 1.165) is 25.1 Å². The third-order valence-corrected chi connectivity index (χ3v) is 5.04. The van der Waals surface area contributed by atoms with Crippen LogP contribution in [0.15, 0.2) is 34.9 Å². The lowest BCUT2D eigenvalue weighted by Crippen LogP contribution is -2.66. The average Bonchev–Trinajstić information content (AvgIpc) is 3.08. The Morgan fingerprint density at radius 1 is 1.25 bits per heavy atom. The van der Waals surface area contributed by atoms with Gasteiger partial charge in [0.25, 0.3) is 0 Å². The van der Waals surface area contributed by atoms with E-state index in [4.69, 9.17) is 9.26 Å². The lowest BCUT2D eigenvalue weighted by molar-refractivity contribution is -0.907. The van der Waals surface area contributed by atoms with Crippen molar-refractivity contribution in [3.8, 4) is 0 Å². The third-order valence-electron chi connectivity index (χ3n) is 5.04. The zero-order chi connectivity index (χ0) is 20.2. The number of piperidine rings is 1. The van der Waals surface area contributed by atoms with Crippen molar-refractivity contribution in [3.05, 3.63) is 47.6 Å². The Morgan fingerprint density at radius 3 is 2.50 bits per heavy atom. The van der Waals surface area contributed by atoms with Gasteiger partial charge >= 0.3 is 6.09 Å². The van der Waals surface area contributed by atoms with Crippen molar-refractivity contribution in [2.45, 2.75) is 58.5 Å². The summed E-state index contributed by atoms with van der Waals surface area (Å²) in [4.78, 5) is 17.4. The van der Waals surface area contributed by atoms with Crippen LogP contribution < -0.4 is 5.43 Å². The quantitative estimate of drug-likeness (QED) is 0.787. The zero-order valence-electron chi connectivity index (χ0n) is 17.3. The highest BCUT2D eigenvalue weighted by molar-refractivity contribution is 5.60. The van der Waals surface area contributed by atoms with E-state index in [1.807, 2.05) is 39.0 Å². The van der Waals surface area contributed by atoms with Gasteiger partial charge < -0.3 is 9.26 Å². The standard InChI is InChI=1S/C21H31N4O3/c1-16-23-19(24-28-16)18-11-14-25(15-12-18,20(26)27-21(2,3)4)22-13-10-17-8-6-5-7-9-17/h5-9,18,22H,10-15H2,1-4H3/q+1. The van der Waals surface area contributed by atoms with Crippen LogP contribution in [0.4, 0.5) is 4.79 Å². The molecule has 0 aliphatic carbocycles. The maximum Gasteiger partial charge on any atom is 0.536 e. The number of hydrogen-bond acceptors (Lipinski definition) is 6. The monoisotopic (exact) mass is 387 g/mol. The molecule has 1 N–H and O–H groups in total. The second kappa shape index (κ2) is 8.41. The SMILES string of the molecule is Cc1nc(C2CC[N+](NCCc3ccccc3)(C(=O)OC(C)(C)C)CC2)no1. The first kappa shape index (κ1) is 20.5. The molecule has 2 aromatic rings. The van der Waals surface area contributed by atoms with Crippen molar-refractivity contribution in [1.29, 1.82) is 0 Å². The largest absolute Gasteiger partial charge is 0.536 e. The highest BCUT2D eigenvalue weighted by Gasteiger charge is 2.45. The Balaban J connectivity index is 1.67. The molecule has 0 bridgehead atoms. The van der Waals surface area contributed by atoms with E-state index in [9.17, 15) is 4.79 Å². The zero-order valence-corrected chi connectivity index (χ0v) is 17.3. The number of nitrogens with one attached hydrogen (secondary N) is 1. The molecule has 2 heterocycles. The summed E-state index contributed by atoms with van der Waals surface area (Å²) >= 11 is 0. The summed E-state index contributed by atoms with van der Waals surface area (Å²) in [6.45, 7) is 9.49. The van der Waals surface area contributed by atoms with Gasteiger partial charge in [-0.25, -0.2) is 0 Å². The van der Waals surface area contributed by atoms with Crippen LogP contribution >= 0.6 is 0 Å². The fraction of sp³-hybridized carbons (Fsp3) is 0.571. The number of carbonyl (C=O) groups is 1. The minimum Gasteiger partial charge on any atom is -0.413 e. The first-order valence-electron chi connectivity index (χ1n) is 9.97. The molecule has 1 aromatic heterocycles. The molecule has 1 aliphatic heterocycles. The molecule has 1 aliphatic rings. The summed E-state index contributed by atoms with van der Waals surface area (Å²) in [5, 5.41) is 4.06. The van der Waals surface area contributed by atoms with Crippen LogP contribution in [0.1, 0.15) is 56.8 Å². The Morgan fingerprint density at radius 2 is 1.93 bits per heavy atom. The Kier molecular flexibility index (Phi) is 6.15. The summed E-state index contributed by atoms with van der Waals surface area (Å²) in [5.41, 5.74) is 4.20. The maximum atomic E-state index is 13.1. The molecule has 152 valence electrons. The lowest BCUT2D eigenvalue weighted by Gasteiger charge is -2.40. The van der Waals surface area contributed by atoms with Gasteiger partial charge in [0.05, 0.1) is 0 Å². The number of quaternary nitrogens is 1. The maximum absolute atomic E-state index is 13.1. The van der Waals surface area contributed by atoms with Crippen LogP contribution in [-0.4, -0.2) is 46.1 Å². The summed E-state index contributed by atoms with van der Waals surface area (Å²) in [6.07, 6.45) is 2.24. The van der Waals surface area contributed by atoms with Crippen LogP contribution in [-0.2, 0) is 11.2 Å². The number of aryl methyl sites for hydroxylation is 1. The van der Waals surface area contributed by atoms with E-state index in [0.29, 0.717) is 25.5 Å². The van der Waals surface area contributed by atoms with Crippen molar-refractivity contribution in [3.63, 3.8) is 0 Å². The number of aromatic nitrogens is 2. The van der Waals surface area contributed by atoms with Gasteiger partial charge in [0.2, 0.25) is 5.89 Å². The molecule has 1 aromatic carbocycles. The molecule has 1 fully saturated rings. The van der Waals surface area contributed by atoms with Gasteiger partial charge in [0, 0.05) is 32.2 Å². The summed E-state index contributed by atoms with van der Waals surface area (Å²) < 4.78 is 11.0. The second-order valence-corrected chi connectivity index (χ2v) is 8.49. The van der Waals surface area contributed by atoms with Crippen molar-refractivity contribution in [2.75, 3.05) is 19.6 Å². The number of hydrogen-bond donors (Lipinski definition) is 1. The topological polar surface area (TPSA) is 77.2 Å². The van der Waals surface area contributed by atoms with E-state index < -0.39 is 5.60 Å². The van der Waals surface area contributed by atoms with E-state index in [2.05, 4.69) is 27.7 Å². The fourth-order valence-electron chi connectivity index (χ4n) is 3.56. The summed E-state index contributed by atoms with van der Waals surface area (Å²) in [6, 6.07) is 10.3. The van der Waals surface area contributed by atoms with Gasteiger partial charge in [0.15, 0.2) is 5.82 Å². The minimum absolute atomic E-state index is 0.136. The number of benzene rings is 1. The Bertz CT molecular complexity index is 774. The fourth-order valence-corrected chi connectivity index (χ4v) is 3.56. The van der Waals surface area contributed by atoms with Crippen LogP contribution in [0.5, 0.6) is 0 Å². The predicted molar refractivity (Wildman–Crippen MR) is 105 cm³/mol. The molecule has 1 saturated heterocycles. The lowest BCUT2D eigenvalue weighted by atomic mass is 9.95. The van der Waals surface area contributed by atoms with Crippen LogP contribution in [0, 0.1) is 6.92 Å². The van der Waals surface area contributed by atoms with Crippen molar-refractivity contribution >= 4 is 6.09 Å². The summed E-state index contributed by atoms with van der Waals surface area (Å²) in [5.74, 6) is 1.53. The highest BCUT2D eigenvalue weighted by atomic mass is 16.6. The van der Waals surface area contributed by atoms with Crippen molar-refractivity contribution in [2.24, 2.45) is 0 Å². The number of likely N-dealkylation sites (tertiary alicyclic amines) is 1. The molecule has 0 unspecified atom stereocenters. The normalized spacial score (nSPS) is 22.8. The molecule has 0 atom stereocenters. The number of carbonyl (C=O) groups excluding carboxylic acids is 1. The third kappa shape index (κ3) is 5.17. The van der Waals surface area contributed by atoms with Gasteiger partial charge in [-0.15, -0.1) is 4.59 Å².